The van der Waals surface area contributed by atoms with Crippen molar-refractivity contribution < 1.29 is 9.59 Å². The van der Waals surface area contributed by atoms with E-state index in [1.54, 1.807) is 0 Å². The number of pyridine rings is 1. The minimum absolute atomic E-state index is 0.0244. The van der Waals surface area contributed by atoms with E-state index in [2.05, 4.69) is 44.7 Å². The van der Waals surface area contributed by atoms with Gasteiger partial charge in [-0.05, 0) is 88.2 Å². The van der Waals surface area contributed by atoms with E-state index in [0.29, 0.717) is 12.2 Å². The van der Waals surface area contributed by atoms with Gasteiger partial charge in [0, 0.05) is 40.5 Å². The van der Waals surface area contributed by atoms with Crippen LogP contribution in [-0.4, -0.2) is 59.8 Å². The lowest BCUT2D eigenvalue weighted by Crippen LogP contribution is -2.38. The average molecular weight is 458 g/mol. The van der Waals surface area contributed by atoms with Gasteiger partial charge in [-0.1, -0.05) is 12.1 Å². The van der Waals surface area contributed by atoms with Gasteiger partial charge in [-0.3, -0.25) is 9.59 Å². The van der Waals surface area contributed by atoms with Gasteiger partial charge in [0.05, 0.1) is 0 Å². The summed E-state index contributed by atoms with van der Waals surface area (Å²) in [5, 5.41) is 7.46. The van der Waals surface area contributed by atoms with E-state index in [9.17, 15) is 9.59 Å². The van der Waals surface area contributed by atoms with Crippen LogP contribution < -0.4 is 10.6 Å². The zero-order chi connectivity index (χ0) is 23.3. The first-order valence-corrected chi connectivity index (χ1v) is 12.4. The molecule has 176 valence electrons. The lowest BCUT2D eigenvalue weighted by Gasteiger charge is -2.34. The van der Waals surface area contributed by atoms with Crippen LogP contribution in [0.25, 0.3) is 22.2 Å². The van der Waals surface area contributed by atoms with E-state index in [1.165, 1.54) is 5.56 Å². The van der Waals surface area contributed by atoms with Crippen molar-refractivity contribution in [2.45, 2.75) is 37.5 Å². The van der Waals surface area contributed by atoms with Gasteiger partial charge in [0.25, 0.3) is 0 Å². The van der Waals surface area contributed by atoms with E-state index < -0.39 is 0 Å². The summed E-state index contributed by atoms with van der Waals surface area (Å²) in [5.74, 6) is 0.957. The first-order valence-electron chi connectivity index (χ1n) is 12.4. The fraction of sp³-hybridized carbons (Fsp3) is 0.444. The maximum Gasteiger partial charge on any atom is 0.228 e. The number of Topliss-reactive ketones (excluding diaryl/α,β-unsaturated/α-hetero) is 1. The molecule has 3 N–H and O–H groups in total. The van der Waals surface area contributed by atoms with Gasteiger partial charge >= 0.3 is 0 Å². The smallest absolute Gasteiger partial charge is 0.228 e. The molecule has 1 aliphatic carbocycles. The molecule has 3 aliphatic rings. The average Bonchev–Trinajstić information content (AvgIpc) is 3.38. The molecule has 0 bridgehead atoms. The van der Waals surface area contributed by atoms with Crippen LogP contribution in [0.15, 0.2) is 36.5 Å². The molecule has 6 rings (SSSR count). The number of hydrogen-bond donors (Lipinski definition) is 3. The Morgan fingerprint density at radius 2 is 1.91 bits per heavy atom. The van der Waals surface area contributed by atoms with Gasteiger partial charge in [-0.25, -0.2) is 4.98 Å². The van der Waals surface area contributed by atoms with Crippen LogP contribution in [0.2, 0.25) is 0 Å². The third-order valence-corrected chi connectivity index (χ3v) is 8.14. The molecule has 1 aromatic carbocycles. The molecule has 1 amide bonds. The monoisotopic (exact) mass is 457 g/mol. The highest BCUT2D eigenvalue weighted by Gasteiger charge is 2.43. The quantitative estimate of drug-likeness (QED) is 0.558. The number of aromatic amines is 1. The lowest BCUT2D eigenvalue weighted by molar-refractivity contribution is -0.121. The minimum Gasteiger partial charge on any atom is -0.345 e. The number of ketones is 1. The van der Waals surface area contributed by atoms with E-state index in [4.69, 9.17) is 0 Å². The van der Waals surface area contributed by atoms with Gasteiger partial charge in [0.2, 0.25) is 5.91 Å². The molecule has 2 aromatic heterocycles. The number of carbonyl (C=O) groups is 2. The van der Waals surface area contributed by atoms with Gasteiger partial charge in [-0.15, -0.1) is 0 Å². The Morgan fingerprint density at radius 3 is 2.71 bits per heavy atom. The first kappa shape index (κ1) is 21.5. The van der Waals surface area contributed by atoms with Crippen LogP contribution >= 0.6 is 0 Å². The highest BCUT2D eigenvalue weighted by molar-refractivity contribution is 6.04. The van der Waals surface area contributed by atoms with Gasteiger partial charge in [-0.2, -0.15) is 0 Å². The maximum atomic E-state index is 12.7. The van der Waals surface area contributed by atoms with Crippen LogP contribution in [0, 0.1) is 5.92 Å². The van der Waals surface area contributed by atoms with Crippen LogP contribution in [0.5, 0.6) is 0 Å². The molecule has 34 heavy (non-hydrogen) atoms. The number of likely N-dealkylation sites (tertiary alicyclic amines) is 1. The number of piperidine rings is 2. The van der Waals surface area contributed by atoms with E-state index in [0.717, 1.165) is 79.6 Å². The predicted molar refractivity (Wildman–Crippen MR) is 133 cm³/mol. The topological polar surface area (TPSA) is 90.1 Å². The Labute approximate surface area is 199 Å². The minimum atomic E-state index is -0.0244. The summed E-state index contributed by atoms with van der Waals surface area (Å²) in [6.45, 7) is 3.82. The highest BCUT2D eigenvalue weighted by atomic mass is 16.2. The Kier molecular flexibility index (Phi) is 5.26. The van der Waals surface area contributed by atoms with Crippen molar-refractivity contribution in [2.75, 3.05) is 38.5 Å². The number of aromatic nitrogens is 2. The Balaban J connectivity index is 1.27. The molecule has 4 heterocycles. The molecule has 7 nitrogen and oxygen atoms in total. The van der Waals surface area contributed by atoms with Crippen molar-refractivity contribution in [3.05, 3.63) is 47.7 Å². The third kappa shape index (κ3) is 3.63. The van der Waals surface area contributed by atoms with Crippen LogP contribution in [-0.2, 0) is 10.2 Å². The number of hydrogen-bond acceptors (Lipinski definition) is 5. The molecule has 2 aliphatic heterocycles. The summed E-state index contributed by atoms with van der Waals surface area (Å²) in [6.07, 6.45) is 6.39. The molecule has 2 fully saturated rings. The van der Waals surface area contributed by atoms with Crippen LogP contribution in [0.4, 0.5) is 5.82 Å². The molecule has 0 saturated carbocycles. The molecule has 3 aromatic rings. The lowest BCUT2D eigenvalue weighted by atomic mass is 9.74. The molecule has 0 unspecified atom stereocenters. The maximum absolute atomic E-state index is 12.7. The molecule has 7 heteroatoms. The number of fused-ring (bicyclic) bond motifs is 3. The molecular weight excluding hydrogens is 426 g/mol. The van der Waals surface area contributed by atoms with Gasteiger partial charge in [0.1, 0.15) is 11.5 Å². The fourth-order valence-corrected chi connectivity index (χ4v) is 6.06. The molecule has 0 radical (unpaired) electrons. The van der Waals surface area contributed by atoms with Crippen molar-refractivity contribution in [1.29, 1.82) is 0 Å². The second kappa shape index (κ2) is 8.32. The van der Waals surface area contributed by atoms with E-state index in [-0.39, 0.29) is 23.0 Å². The Bertz CT molecular complexity index is 1270. The highest BCUT2D eigenvalue weighted by Crippen LogP contribution is 2.46. The summed E-state index contributed by atoms with van der Waals surface area (Å²) >= 11 is 0. The SMILES string of the molecule is CN1CCC(C(=O)Nc2ccc3c(-c4ccc5c(c4)C4(CCNCC4)CC5=O)c[nH]c3n2)CC1. The van der Waals surface area contributed by atoms with Crippen molar-refractivity contribution in [3.8, 4) is 11.1 Å². The largest absolute Gasteiger partial charge is 0.345 e. The predicted octanol–water partition coefficient (Wildman–Crippen LogP) is 3.72. The summed E-state index contributed by atoms with van der Waals surface area (Å²) in [7, 11) is 2.09. The van der Waals surface area contributed by atoms with Crippen molar-refractivity contribution in [2.24, 2.45) is 5.92 Å². The first-order chi connectivity index (χ1) is 16.5. The third-order valence-electron chi connectivity index (χ3n) is 8.14. The summed E-state index contributed by atoms with van der Waals surface area (Å²) in [4.78, 5) is 35.7. The van der Waals surface area contributed by atoms with Crippen molar-refractivity contribution in [1.82, 2.24) is 20.2 Å². The standard InChI is InChI=1S/C27H31N5O2/c1-32-12-6-17(7-13-32)26(34)31-24-5-4-19-21(16-29-25(19)30-24)18-2-3-20-22(14-18)27(15-23(20)33)8-10-28-11-9-27/h2-5,14,16-17,28H,6-13,15H2,1H3,(H2,29,30,31,34). The molecule has 1 spiro atoms. The number of benzene rings is 1. The van der Waals surface area contributed by atoms with Crippen LogP contribution in [0.1, 0.15) is 48.0 Å². The van der Waals surface area contributed by atoms with Crippen molar-refractivity contribution >= 4 is 28.5 Å². The fourth-order valence-electron chi connectivity index (χ4n) is 6.06. The zero-order valence-electron chi connectivity index (χ0n) is 19.6. The summed E-state index contributed by atoms with van der Waals surface area (Å²) in [5.41, 5.74) is 5.00. The van der Waals surface area contributed by atoms with E-state index >= 15 is 0 Å². The zero-order valence-corrected chi connectivity index (χ0v) is 19.6. The van der Waals surface area contributed by atoms with Crippen molar-refractivity contribution in [3.63, 3.8) is 0 Å². The number of nitrogens with zero attached hydrogens (tertiary/aromatic N) is 2. The number of H-pyrrole nitrogens is 1. The molecule has 2 saturated heterocycles. The van der Waals surface area contributed by atoms with Gasteiger partial charge in [0.15, 0.2) is 5.78 Å². The van der Waals surface area contributed by atoms with Gasteiger partial charge < -0.3 is 20.5 Å². The number of amides is 1. The van der Waals surface area contributed by atoms with E-state index in [1.807, 2.05) is 24.4 Å². The Morgan fingerprint density at radius 1 is 1.12 bits per heavy atom. The molecule has 0 atom stereocenters. The van der Waals surface area contributed by atoms with Crippen LogP contribution in [0.3, 0.4) is 0 Å². The second-order valence-corrected chi connectivity index (χ2v) is 10.3. The second-order valence-electron chi connectivity index (χ2n) is 10.3. The molecular formula is C27H31N5O2. The Hall–Kier alpha value is -3.03. The summed E-state index contributed by atoms with van der Waals surface area (Å²) < 4.78 is 0. The normalized spacial score (nSPS) is 20.7. The number of anilines is 1. The summed E-state index contributed by atoms with van der Waals surface area (Å²) in [6, 6.07) is 10.2. The number of rotatable bonds is 3. The number of carbonyl (C=O) groups excluding carboxylic acids is 2. The number of nitrogens with one attached hydrogen (secondary N) is 3.